The van der Waals surface area contributed by atoms with E-state index in [-0.39, 0.29) is 11.9 Å². The first-order chi connectivity index (χ1) is 15.1. The van der Waals surface area contributed by atoms with E-state index in [1.54, 1.807) is 48.8 Å². The summed E-state index contributed by atoms with van der Waals surface area (Å²) in [4.78, 5) is 33.2. The molecule has 0 aliphatic rings. The Morgan fingerprint density at radius 2 is 1.81 bits per heavy atom. The number of nitrogens with zero attached hydrogens (tertiary/aromatic N) is 2. The third-order valence-corrected chi connectivity index (χ3v) is 4.55. The second-order valence-electron chi connectivity index (χ2n) is 6.73. The Balaban J connectivity index is 1.82. The van der Waals surface area contributed by atoms with E-state index < -0.39 is 5.97 Å². The monoisotopic (exact) mass is 416 g/mol. The molecule has 0 unspecified atom stereocenters. The predicted octanol–water partition coefficient (Wildman–Crippen LogP) is 3.83. The van der Waals surface area contributed by atoms with Gasteiger partial charge in [0.1, 0.15) is 0 Å². The van der Waals surface area contributed by atoms with Crippen LogP contribution >= 0.6 is 0 Å². The number of carbonyl (C=O) groups is 2. The van der Waals surface area contributed by atoms with E-state index in [0.717, 1.165) is 17.5 Å². The van der Waals surface area contributed by atoms with Crippen LogP contribution < -0.4 is 10.6 Å². The van der Waals surface area contributed by atoms with Crippen LogP contribution in [0, 0.1) is 0 Å². The smallest absolute Gasteiger partial charge is 0.337 e. The molecule has 0 spiro atoms. The van der Waals surface area contributed by atoms with Crippen molar-refractivity contribution in [2.24, 2.45) is 4.99 Å². The summed E-state index contributed by atoms with van der Waals surface area (Å²) < 4.78 is 4.77. The van der Waals surface area contributed by atoms with Crippen molar-refractivity contribution in [1.82, 2.24) is 10.3 Å². The molecule has 1 amide bonds. The summed E-state index contributed by atoms with van der Waals surface area (Å²) in [7, 11) is 1.33. The number of rotatable bonds is 6. The number of ether oxygens (including phenoxy) is 1. The van der Waals surface area contributed by atoms with Gasteiger partial charge >= 0.3 is 5.97 Å². The van der Waals surface area contributed by atoms with Crippen LogP contribution in [0.15, 0.2) is 78.0 Å². The van der Waals surface area contributed by atoms with Crippen LogP contribution in [0.4, 0.5) is 5.69 Å². The molecule has 0 radical (unpaired) electrons. The second kappa shape index (κ2) is 10.7. The van der Waals surface area contributed by atoms with Crippen LogP contribution in [0.3, 0.4) is 0 Å². The van der Waals surface area contributed by atoms with Crippen molar-refractivity contribution in [3.05, 3.63) is 95.3 Å². The Kier molecular flexibility index (Phi) is 7.48. The predicted molar refractivity (Wildman–Crippen MR) is 120 cm³/mol. The molecule has 3 aromatic rings. The third-order valence-electron chi connectivity index (χ3n) is 4.55. The molecule has 31 heavy (non-hydrogen) atoms. The van der Waals surface area contributed by atoms with E-state index in [4.69, 9.17) is 4.74 Å². The van der Waals surface area contributed by atoms with Crippen LogP contribution in [0.1, 0.15) is 38.8 Å². The Hall–Kier alpha value is -4.00. The fourth-order valence-corrected chi connectivity index (χ4v) is 2.82. The molecular formula is C24H24N4O3. The molecule has 1 heterocycles. The Morgan fingerprint density at radius 1 is 1.00 bits per heavy atom. The van der Waals surface area contributed by atoms with Crippen molar-refractivity contribution in [2.75, 3.05) is 12.4 Å². The number of aliphatic imine (C=N–C) groups is 1. The van der Waals surface area contributed by atoms with E-state index in [1.165, 1.54) is 7.11 Å². The maximum atomic E-state index is 12.8. The van der Waals surface area contributed by atoms with Crippen molar-refractivity contribution in [2.45, 2.75) is 19.9 Å². The Labute approximate surface area is 181 Å². The first-order valence-corrected chi connectivity index (χ1v) is 9.88. The number of anilines is 1. The van der Waals surface area contributed by atoms with Gasteiger partial charge in [-0.1, -0.05) is 31.2 Å². The quantitative estimate of drug-likeness (QED) is 0.362. The number of aryl methyl sites for hydroxylation is 1. The SMILES string of the molecule is CCc1ccc(C(=O)NC(=NCc2cccnc2)Nc2cccc(C(=O)OC)c2)cc1. The number of hydrogen-bond acceptors (Lipinski definition) is 5. The van der Waals surface area contributed by atoms with Gasteiger partial charge in [0.05, 0.1) is 19.2 Å². The summed E-state index contributed by atoms with van der Waals surface area (Å²) in [6, 6.07) is 17.9. The lowest BCUT2D eigenvalue weighted by Crippen LogP contribution is -2.36. The second-order valence-corrected chi connectivity index (χ2v) is 6.73. The minimum absolute atomic E-state index is 0.260. The molecule has 0 atom stereocenters. The van der Waals surface area contributed by atoms with Gasteiger partial charge in [0, 0.05) is 23.6 Å². The standard InChI is InChI=1S/C24H24N4O3/c1-3-17-9-11-19(12-10-17)22(29)28-24(26-16-18-6-5-13-25-15-18)27-21-8-4-7-20(14-21)23(30)31-2/h4-15H,3,16H2,1-2H3,(H2,26,27,28,29). The van der Waals surface area contributed by atoms with Crippen molar-refractivity contribution < 1.29 is 14.3 Å². The average Bonchev–Trinajstić information content (AvgIpc) is 2.82. The fourth-order valence-electron chi connectivity index (χ4n) is 2.82. The first kappa shape index (κ1) is 21.7. The number of guanidine groups is 1. The summed E-state index contributed by atoms with van der Waals surface area (Å²) in [5.41, 5.74) is 3.55. The zero-order valence-electron chi connectivity index (χ0n) is 17.5. The molecule has 0 saturated carbocycles. The van der Waals surface area contributed by atoms with Crippen molar-refractivity contribution in [3.8, 4) is 0 Å². The van der Waals surface area contributed by atoms with Crippen molar-refractivity contribution >= 4 is 23.5 Å². The summed E-state index contributed by atoms with van der Waals surface area (Å²) in [6.07, 6.45) is 4.30. The molecule has 7 nitrogen and oxygen atoms in total. The maximum absolute atomic E-state index is 12.8. The van der Waals surface area contributed by atoms with Crippen molar-refractivity contribution in [3.63, 3.8) is 0 Å². The number of hydrogen-bond donors (Lipinski definition) is 2. The summed E-state index contributed by atoms with van der Waals surface area (Å²) in [6.45, 7) is 2.38. The minimum atomic E-state index is -0.447. The highest BCUT2D eigenvalue weighted by Gasteiger charge is 2.11. The van der Waals surface area contributed by atoms with E-state index in [2.05, 4.69) is 27.5 Å². The number of pyridine rings is 1. The van der Waals surface area contributed by atoms with Crippen LogP contribution in [0.5, 0.6) is 0 Å². The molecule has 1 aromatic heterocycles. The molecule has 2 aromatic carbocycles. The summed E-state index contributed by atoms with van der Waals surface area (Å²) in [5.74, 6) is -0.475. The van der Waals surface area contributed by atoms with Gasteiger partial charge in [-0.3, -0.25) is 15.1 Å². The van der Waals surface area contributed by atoms with Gasteiger partial charge in [0.2, 0.25) is 5.96 Å². The molecule has 3 rings (SSSR count). The third kappa shape index (κ3) is 6.24. The van der Waals surface area contributed by atoms with Gasteiger partial charge in [-0.25, -0.2) is 9.79 Å². The van der Waals surface area contributed by atoms with E-state index >= 15 is 0 Å². The van der Waals surface area contributed by atoms with Gasteiger partial charge in [-0.2, -0.15) is 0 Å². The van der Waals surface area contributed by atoms with Crippen LogP contribution in [0.2, 0.25) is 0 Å². The summed E-state index contributed by atoms with van der Waals surface area (Å²) >= 11 is 0. The van der Waals surface area contributed by atoms with E-state index in [9.17, 15) is 9.59 Å². The van der Waals surface area contributed by atoms with Crippen molar-refractivity contribution in [1.29, 1.82) is 0 Å². The number of esters is 1. The van der Waals surface area contributed by atoms with Gasteiger partial charge in [-0.05, 0) is 53.9 Å². The zero-order valence-corrected chi connectivity index (χ0v) is 17.5. The van der Waals surface area contributed by atoms with Crippen LogP contribution in [0.25, 0.3) is 0 Å². The lowest BCUT2D eigenvalue weighted by atomic mass is 10.1. The Bertz CT molecular complexity index is 1060. The fraction of sp³-hybridized carbons (Fsp3) is 0.167. The number of amides is 1. The highest BCUT2D eigenvalue weighted by atomic mass is 16.5. The number of aromatic nitrogens is 1. The highest BCUT2D eigenvalue weighted by molar-refractivity contribution is 6.10. The van der Waals surface area contributed by atoms with Crippen LogP contribution in [-0.2, 0) is 17.7 Å². The summed E-state index contributed by atoms with van der Waals surface area (Å²) in [5, 5.41) is 5.90. The first-order valence-electron chi connectivity index (χ1n) is 9.88. The number of nitrogens with one attached hydrogen (secondary N) is 2. The van der Waals surface area contributed by atoms with E-state index in [1.807, 2.05) is 24.3 Å². The average molecular weight is 416 g/mol. The van der Waals surface area contributed by atoms with Gasteiger partial charge in [-0.15, -0.1) is 0 Å². The van der Waals surface area contributed by atoms with E-state index in [0.29, 0.717) is 23.4 Å². The molecule has 158 valence electrons. The highest BCUT2D eigenvalue weighted by Crippen LogP contribution is 2.12. The normalized spacial score (nSPS) is 11.0. The molecule has 2 N–H and O–H groups in total. The zero-order chi connectivity index (χ0) is 22.1. The topological polar surface area (TPSA) is 92.7 Å². The van der Waals surface area contributed by atoms with Gasteiger partial charge < -0.3 is 10.1 Å². The molecule has 0 fully saturated rings. The van der Waals surface area contributed by atoms with Gasteiger partial charge in [0.15, 0.2) is 0 Å². The molecule has 0 aliphatic heterocycles. The minimum Gasteiger partial charge on any atom is -0.465 e. The molecular weight excluding hydrogens is 392 g/mol. The molecule has 0 bridgehead atoms. The Morgan fingerprint density at radius 3 is 2.48 bits per heavy atom. The number of methoxy groups -OCH3 is 1. The lowest BCUT2D eigenvalue weighted by Gasteiger charge is -2.13. The maximum Gasteiger partial charge on any atom is 0.337 e. The molecule has 7 heteroatoms. The van der Waals surface area contributed by atoms with Gasteiger partial charge in [0.25, 0.3) is 5.91 Å². The largest absolute Gasteiger partial charge is 0.465 e. The number of benzene rings is 2. The van der Waals surface area contributed by atoms with Crippen LogP contribution in [-0.4, -0.2) is 29.9 Å². The molecule has 0 saturated heterocycles. The number of carbonyl (C=O) groups excluding carboxylic acids is 2. The lowest BCUT2D eigenvalue weighted by molar-refractivity contribution is 0.0600. The molecule has 0 aliphatic carbocycles.